The third kappa shape index (κ3) is 11.7. The molecule has 1 N–H and O–H groups in total. The zero-order chi connectivity index (χ0) is 33.2. The lowest BCUT2D eigenvalue weighted by molar-refractivity contribution is -0.121. The van der Waals surface area contributed by atoms with Crippen molar-refractivity contribution < 1.29 is 9.53 Å². The largest absolute Gasteiger partial charge is 0.489 e. The Labute approximate surface area is 274 Å². The maximum atomic E-state index is 13.9. The van der Waals surface area contributed by atoms with Gasteiger partial charge in [-0.2, -0.15) is 0 Å². The Bertz CT molecular complexity index is 1300. The summed E-state index contributed by atoms with van der Waals surface area (Å²) in [7, 11) is 3.75. The number of benzene rings is 2. The predicted octanol–water partition coefficient (Wildman–Crippen LogP) is 10.3. The van der Waals surface area contributed by atoms with Gasteiger partial charge in [0.25, 0.3) is 0 Å². The van der Waals surface area contributed by atoms with E-state index in [-0.39, 0.29) is 11.8 Å². The number of amides is 1. The van der Waals surface area contributed by atoms with E-state index in [9.17, 15) is 4.79 Å². The highest BCUT2D eigenvalue weighted by molar-refractivity contribution is 5.97. The van der Waals surface area contributed by atoms with Crippen LogP contribution in [0.1, 0.15) is 90.7 Å². The number of nitrogens with one attached hydrogen (secondary N) is 1. The summed E-state index contributed by atoms with van der Waals surface area (Å²) in [6.07, 6.45) is 15.3. The molecule has 0 fully saturated rings. The smallest absolute Gasteiger partial charge is 0.234 e. The molecule has 2 aromatic rings. The lowest BCUT2D eigenvalue weighted by Gasteiger charge is -2.37. The van der Waals surface area contributed by atoms with E-state index >= 15 is 0 Å². The second-order valence-electron chi connectivity index (χ2n) is 12.1. The topological polar surface area (TPSA) is 41.6 Å². The summed E-state index contributed by atoms with van der Waals surface area (Å²) in [4.78, 5) is 15.8. The van der Waals surface area contributed by atoms with Gasteiger partial charge in [-0.15, -0.1) is 0 Å². The van der Waals surface area contributed by atoms with E-state index in [0.29, 0.717) is 25.0 Å². The number of carbonyl (C=O) groups excluding carboxylic acids is 1. The van der Waals surface area contributed by atoms with Crippen molar-refractivity contribution >= 4 is 11.6 Å². The minimum absolute atomic E-state index is 0.0579. The summed E-state index contributed by atoms with van der Waals surface area (Å²) < 4.78 is 6.30. The SMILES string of the molecule is C=C/C(C)=C\C/C=C\C.CCN(C(=O)C1CCCC2=C1C(C)CC=C2OCc1ccccc1)c1ccc(C(C)C)cc1.CNC. The first-order valence-corrected chi connectivity index (χ1v) is 16.7. The average Bonchev–Trinajstić information content (AvgIpc) is 3.06. The molecule has 2 unspecified atom stereocenters. The average molecular weight is 611 g/mol. The van der Waals surface area contributed by atoms with E-state index in [4.69, 9.17) is 4.74 Å². The zero-order valence-electron chi connectivity index (χ0n) is 29.2. The third-order valence-electron chi connectivity index (χ3n) is 8.25. The maximum Gasteiger partial charge on any atom is 0.234 e. The number of nitrogens with zero attached hydrogens (tertiary/aromatic N) is 1. The van der Waals surface area contributed by atoms with Crippen molar-refractivity contribution in [2.24, 2.45) is 11.8 Å². The molecule has 0 bridgehead atoms. The van der Waals surface area contributed by atoms with Crippen LogP contribution in [0.5, 0.6) is 0 Å². The molecular formula is C41H58N2O2. The summed E-state index contributed by atoms with van der Waals surface area (Å²) in [5.41, 5.74) is 7.31. The van der Waals surface area contributed by atoms with Crippen molar-refractivity contribution in [1.29, 1.82) is 0 Å². The number of allylic oxidation sites excluding steroid dienone is 7. The number of hydrogen-bond donors (Lipinski definition) is 1. The Morgan fingerprint density at radius 1 is 1.11 bits per heavy atom. The van der Waals surface area contributed by atoms with Crippen molar-refractivity contribution in [1.82, 2.24) is 5.32 Å². The Kier molecular flexibility index (Phi) is 17.0. The highest BCUT2D eigenvalue weighted by Gasteiger charge is 2.37. The van der Waals surface area contributed by atoms with Gasteiger partial charge in [0.2, 0.25) is 5.91 Å². The summed E-state index contributed by atoms with van der Waals surface area (Å²) in [6, 6.07) is 18.8. The highest BCUT2D eigenvalue weighted by atomic mass is 16.5. The fourth-order valence-electron chi connectivity index (χ4n) is 5.74. The van der Waals surface area contributed by atoms with Crippen LogP contribution in [0.15, 0.2) is 114 Å². The van der Waals surface area contributed by atoms with Crippen molar-refractivity contribution in [2.75, 3.05) is 25.5 Å². The molecule has 0 spiro atoms. The number of ether oxygens (including phenoxy) is 1. The number of hydrogen-bond acceptors (Lipinski definition) is 3. The predicted molar refractivity (Wildman–Crippen MR) is 194 cm³/mol. The lowest BCUT2D eigenvalue weighted by Crippen LogP contribution is -2.39. The van der Waals surface area contributed by atoms with Crippen LogP contribution in [0.2, 0.25) is 0 Å². The van der Waals surface area contributed by atoms with E-state index in [2.05, 4.69) is 101 Å². The molecule has 2 aliphatic carbocycles. The van der Waals surface area contributed by atoms with Crippen LogP contribution in [0.4, 0.5) is 5.69 Å². The summed E-state index contributed by atoms with van der Waals surface area (Å²) in [6.45, 7) is 17.7. The quantitative estimate of drug-likeness (QED) is 0.215. The van der Waals surface area contributed by atoms with Gasteiger partial charge in [0, 0.05) is 12.2 Å². The Balaban J connectivity index is 0.000000501. The summed E-state index contributed by atoms with van der Waals surface area (Å²) in [5.74, 6) is 2.03. The molecule has 0 aromatic heterocycles. The molecule has 45 heavy (non-hydrogen) atoms. The molecule has 0 saturated heterocycles. The molecule has 4 nitrogen and oxygen atoms in total. The van der Waals surface area contributed by atoms with Gasteiger partial charge >= 0.3 is 0 Å². The van der Waals surface area contributed by atoms with Gasteiger partial charge in [-0.1, -0.05) is 99.7 Å². The lowest BCUT2D eigenvalue weighted by atomic mass is 9.72. The summed E-state index contributed by atoms with van der Waals surface area (Å²) in [5, 5.41) is 2.75. The van der Waals surface area contributed by atoms with Crippen molar-refractivity contribution in [2.45, 2.75) is 86.2 Å². The number of anilines is 1. The maximum absolute atomic E-state index is 13.9. The zero-order valence-corrected chi connectivity index (χ0v) is 29.2. The normalized spacial score (nSPS) is 17.8. The van der Waals surface area contributed by atoms with Gasteiger partial charge in [-0.25, -0.2) is 0 Å². The van der Waals surface area contributed by atoms with E-state index in [0.717, 1.165) is 43.6 Å². The fourth-order valence-corrected chi connectivity index (χ4v) is 5.74. The molecule has 4 rings (SSSR count). The molecule has 0 aliphatic heterocycles. The Hall–Kier alpha value is -3.63. The Morgan fingerprint density at radius 3 is 2.36 bits per heavy atom. The summed E-state index contributed by atoms with van der Waals surface area (Å²) >= 11 is 0. The number of carbonyl (C=O) groups is 1. The number of rotatable bonds is 10. The van der Waals surface area contributed by atoms with Crippen molar-refractivity contribution in [3.05, 3.63) is 125 Å². The van der Waals surface area contributed by atoms with Crippen LogP contribution in [0, 0.1) is 11.8 Å². The van der Waals surface area contributed by atoms with Crippen LogP contribution >= 0.6 is 0 Å². The molecule has 2 aliphatic rings. The molecule has 4 heteroatoms. The Morgan fingerprint density at radius 2 is 1.78 bits per heavy atom. The van der Waals surface area contributed by atoms with Crippen molar-refractivity contribution in [3.63, 3.8) is 0 Å². The van der Waals surface area contributed by atoms with Crippen molar-refractivity contribution in [3.8, 4) is 0 Å². The van der Waals surface area contributed by atoms with E-state index in [1.807, 2.05) is 56.3 Å². The molecule has 2 aromatic carbocycles. The van der Waals surface area contributed by atoms with Crippen LogP contribution in [0.25, 0.3) is 0 Å². The first-order chi connectivity index (χ1) is 21.7. The van der Waals surface area contributed by atoms with Gasteiger partial charge < -0.3 is 15.0 Å². The standard InChI is InChI=1S/C30H37NO2.C9H14.C2H7N/c1-5-31(25-17-15-24(16-18-25)21(2)3)30(32)27-13-9-12-26-28(19-14-22(4)29(26)27)33-20-23-10-7-6-8-11-23;1-4-6-7-8-9(3)5-2;1-3-2/h6-8,10-11,15-19,21-22,27H,5,9,12-14,20H2,1-4H3;4-6,8H,2,7H2,1,3H3;3H,1-2H3/b;6-4-,9-8-;. The second-order valence-corrected chi connectivity index (χ2v) is 12.1. The van der Waals surface area contributed by atoms with Gasteiger partial charge in [0.1, 0.15) is 12.4 Å². The van der Waals surface area contributed by atoms with Gasteiger partial charge in [-0.3, -0.25) is 4.79 Å². The van der Waals surface area contributed by atoms with Crippen LogP contribution in [-0.2, 0) is 16.1 Å². The van der Waals surface area contributed by atoms with Gasteiger partial charge in [0.05, 0.1) is 5.92 Å². The monoisotopic (exact) mass is 610 g/mol. The minimum atomic E-state index is -0.0579. The molecule has 2 atom stereocenters. The minimum Gasteiger partial charge on any atom is -0.489 e. The second kappa shape index (κ2) is 20.4. The molecule has 0 saturated carbocycles. The van der Waals surface area contributed by atoms with E-state index in [1.54, 1.807) is 0 Å². The third-order valence-corrected chi connectivity index (χ3v) is 8.25. The highest BCUT2D eigenvalue weighted by Crippen LogP contribution is 2.44. The fraction of sp³-hybridized carbons (Fsp3) is 0.439. The molecule has 0 radical (unpaired) electrons. The first-order valence-electron chi connectivity index (χ1n) is 16.7. The van der Waals surface area contributed by atoms with E-state index < -0.39 is 0 Å². The van der Waals surface area contributed by atoms with E-state index in [1.165, 1.54) is 27.8 Å². The molecule has 1 amide bonds. The van der Waals surface area contributed by atoms with Crippen LogP contribution in [0.3, 0.4) is 0 Å². The molecule has 244 valence electrons. The van der Waals surface area contributed by atoms with Gasteiger partial charge in [-0.05, 0) is 119 Å². The van der Waals surface area contributed by atoms with Crippen LogP contribution < -0.4 is 10.2 Å². The molecular weight excluding hydrogens is 552 g/mol. The van der Waals surface area contributed by atoms with Gasteiger partial charge in [0.15, 0.2) is 0 Å². The van der Waals surface area contributed by atoms with Crippen LogP contribution in [-0.4, -0.2) is 26.5 Å². The molecule has 0 heterocycles. The first kappa shape index (κ1) is 37.6.